The Morgan fingerprint density at radius 1 is 1.00 bits per heavy atom. The van der Waals surface area contributed by atoms with Gasteiger partial charge < -0.3 is 19.0 Å². The van der Waals surface area contributed by atoms with Crippen molar-refractivity contribution in [1.82, 2.24) is 15.2 Å². The van der Waals surface area contributed by atoms with Crippen molar-refractivity contribution in [1.29, 1.82) is 0 Å². The van der Waals surface area contributed by atoms with Gasteiger partial charge in [-0.1, -0.05) is 17.0 Å². The van der Waals surface area contributed by atoms with E-state index in [0.717, 1.165) is 4.85 Å². The SMILES string of the molecule is COc1cc(C(=O)On2nnc3ccccc32)cc(OC)c1OC. The molecule has 0 bridgehead atoms. The number of benzene rings is 2. The normalized spacial score (nSPS) is 10.5. The van der Waals surface area contributed by atoms with Crippen LogP contribution in [0, 0.1) is 0 Å². The second kappa shape index (κ2) is 6.45. The molecule has 0 aliphatic heterocycles. The number of rotatable bonds is 5. The van der Waals surface area contributed by atoms with Crippen molar-refractivity contribution in [3.63, 3.8) is 0 Å². The number of aromatic nitrogens is 3. The molecule has 1 heterocycles. The van der Waals surface area contributed by atoms with Crippen molar-refractivity contribution in [2.24, 2.45) is 0 Å². The highest BCUT2D eigenvalue weighted by Crippen LogP contribution is 2.38. The predicted molar refractivity (Wildman–Crippen MR) is 84.5 cm³/mol. The Morgan fingerprint density at radius 3 is 2.29 bits per heavy atom. The first-order valence-corrected chi connectivity index (χ1v) is 7.01. The van der Waals surface area contributed by atoms with Crippen LogP contribution in [-0.4, -0.2) is 42.5 Å². The Bertz CT molecular complexity index is 865. The molecule has 0 fully saturated rings. The third kappa shape index (κ3) is 2.69. The number of hydrogen-bond acceptors (Lipinski definition) is 7. The second-order valence-corrected chi connectivity index (χ2v) is 4.74. The van der Waals surface area contributed by atoms with Gasteiger partial charge >= 0.3 is 5.97 Å². The van der Waals surface area contributed by atoms with E-state index in [0.29, 0.717) is 28.3 Å². The van der Waals surface area contributed by atoms with Crippen LogP contribution in [0.4, 0.5) is 0 Å². The van der Waals surface area contributed by atoms with Crippen LogP contribution >= 0.6 is 0 Å². The van der Waals surface area contributed by atoms with Crippen molar-refractivity contribution in [3.05, 3.63) is 42.0 Å². The summed E-state index contributed by atoms with van der Waals surface area (Å²) in [4.78, 5) is 18.8. The first kappa shape index (κ1) is 15.6. The van der Waals surface area contributed by atoms with Crippen LogP contribution in [0.5, 0.6) is 17.2 Å². The predicted octanol–water partition coefficient (Wildman–Crippen LogP) is 1.73. The number of hydrogen-bond donors (Lipinski definition) is 0. The van der Waals surface area contributed by atoms with Gasteiger partial charge in [0.1, 0.15) is 11.0 Å². The average molecular weight is 329 g/mol. The number of para-hydroxylation sites is 1. The summed E-state index contributed by atoms with van der Waals surface area (Å²) < 4.78 is 15.7. The van der Waals surface area contributed by atoms with Gasteiger partial charge in [-0.2, -0.15) is 0 Å². The van der Waals surface area contributed by atoms with Gasteiger partial charge in [0.2, 0.25) is 5.75 Å². The van der Waals surface area contributed by atoms with Crippen LogP contribution in [-0.2, 0) is 0 Å². The fourth-order valence-corrected chi connectivity index (χ4v) is 2.25. The summed E-state index contributed by atoms with van der Waals surface area (Å²) in [5.41, 5.74) is 1.43. The molecule has 3 rings (SSSR count). The van der Waals surface area contributed by atoms with Gasteiger partial charge in [-0.25, -0.2) is 4.79 Å². The van der Waals surface area contributed by atoms with Crippen molar-refractivity contribution in [2.45, 2.75) is 0 Å². The van der Waals surface area contributed by atoms with Gasteiger partial charge in [0, 0.05) is 0 Å². The van der Waals surface area contributed by atoms with Crippen molar-refractivity contribution >= 4 is 17.0 Å². The maximum absolute atomic E-state index is 12.4. The van der Waals surface area contributed by atoms with Gasteiger partial charge in [0.05, 0.1) is 26.9 Å². The lowest BCUT2D eigenvalue weighted by Crippen LogP contribution is -2.21. The first-order valence-electron chi connectivity index (χ1n) is 7.01. The quantitative estimate of drug-likeness (QED) is 0.659. The number of nitrogens with zero attached hydrogens (tertiary/aromatic N) is 3. The summed E-state index contributed by atoms with van der Waals surface area (Å²) in [6.45, 7) is 0. The molecule has 3 aromatic rings. The van der Waals surface area contributed by atoms with Crippen LogP contribution in [0.25, 0.3) is 11.0 Å². The maximum Gasteiger partial charge on any atom is 0.366 e. The molecule has 0 saturated heterocycles. The Morgan fingerprint density at radius 2 is 1.67 bits per heavy atom. The van der Waals surface area contributed by atoms with E-state index in [1.54, 1.807) is 18.2 Å². The molecule has 24 heavy (non-hydrogen) atoms. The monoisotopic (exact) mass is 329 g/mol. The summed E-state index contributed by atoms with van der Waals surface area (Å²) in [5, 5.41) is 7.74. The zero-order valence-corrected chi connectivity index (χ0v) is 13.3. The zero-order valence-electron chi connectivity index (χ0n) is 13.3. The third-order valence-corrected chi connectivity index (χ3v) is 3.39. The first-order chi connectivity index (χ1) is 11.7. The minimum Gasteiger partial charge on any atom is -0.493 e. The molecule has 8 heteroatoms. The molecule has 0 aliphatic carbocycles. The fraction of sp³-hybridized carbons (Fsp3) is 0.188. The lowest BCUT2D eigenvalue weighted by molar-refractivity contribution is 0.0408. The van der Waals surface area contributed by atoms with E-state index in [1.165, 1.54) is 33.5 Å². The summed E-state index contributed by atoms with van der Waals surface area (Å²) in [7, 11) is 4.43. The maximum atomic E-state index is 12.4. The third-order valence-electron chi connectivity index (χ3n) is 3.39. The molecule has 8 nitrogen and oxygen atoms in total. The Kier molecular flexibility index (Phi) is 4.19. The number of fused-ring (bicyclic) bond motifs is 1. The van der Waals surface area contributed by atoms with E-state index in [-0.39, 0.29) is 5.56 Å². The molecule has 0 aliphatic rings. The largest absolute Gasteiger partial charge is 0.493 e. The smallest absolute Gasteiger partial charge is 0.366 e. The van der Waals surface area contributed by atoms with E-state index in [4.69, 9.17) is 19.0 Å². The molecular formula is C16H15N3O5. The number of carbonyl (C=O) groups is 1. The Balaban J connectivity index is 1.95. The highest BCUT2D eigenvalue weighted by Gasteiger charge is 2.19. The molecule has 2 aromatic carbocycles. The van der Waals surface area contributed by atoms with Crippen LogP contribution in [0.2, 0.25) is 0 Å². The molecule has 0 saturated carbocycles. The van der Waals surface area contributed by atoms with Gasteiger partial charge in [-0.3, -0.25) is 0 Å². The lowest BCUT2D eigenvalue weighted by atomic mass is 10.2. The molecule has 124 valence electrons. The van der Waals surface area contributed by atoms with E-state index in [9.17, 15) is 4.79 Å². The highest BCUT2D eigenvalue weighted by atomic mass is 16.7. The van der Waals surface area contributed by atoms with Gasteiger partial charge in [0.25, 0.3) is 0 Å². The van der Waals surface area contributed by atoms with Crippen LogP contribution < -0.4 is 19.0 Å². The zero-order chi connectivity index (χ0) is 17.1. The van der Waals surface area contributed by atoms with E-state index < -0.39 is 5.97 Å². The Hall–Kier alpha value is -3.29. The summed E-state index contributed by atoms with van der Waals surface area (Å²) in [5.74, 6) is 0.465. The van der Waals surface area contributed by atoms with E-state index in [1.807, 2.05) is 6.07 Å². The molecule has 0 spiro atoms. The van der Waals surface area contributed by atoms with E-state index >= 15 is 0 Å². The molecule has 0 atom stereocenters. The summed E-state index contributed by atoms with van der Waals surface area (Å²) >= 11 is 0. The minimum atomic E-state index is -0.634. The average Bonchev–Trinajstić information content (AvgIpc) is 3.03. The van der Waals surface area contributed by atoms with Crippen LogP contribution in [0.15, 0.2) is 36.4 Å². The van der Waals surface area contributed by atoms with Crippen LogP contribution in [0.3, 0.4) is 0 Å². The molecule has 0 amide bonds. The molecule has 0 N–H and O–H groups in total. The Labute approximate surface area is 137 Å². The highest BCUT2D eigenvalue weighted by molar-refractivity contribution is 5.91. The van der Waals surface area contributed by atoms with Gasteiger partial charge in [-0.15, -0.1) is 5.10 Å². The van der Waals surface area contributed by atoms with Crippen LogP contribution in [0.1, 0.15) is 10.4 Å². The minimum absolute atomic E-state index is 0.226. The second-order valence-electron chi connectivity index (χ2n) is 4.74. The lowest BCUT2D eigenvalue weighted by Gasteiger charge is -2.13. The number of methoxy groups -OCH3 is 3. The van der Waals surface area contributed by atoms with Gasteiger partial charge in [-0.05, 0) is 29.5 Å². The number of ether oxygens (including phenoxy) is 3. The molecule has 0 radical (unpaired) electrons. The topological polar surface area (TPSA) is 84.7 Å². The molecular weight excluding hydrogens is 314 g/mol. The van der Waals surface area contributed by atoms with Crippen molar-refractivity contribution in [2.75, 3.05) is 21.3 Å². The van der Waals surface area contributed by atoms with E-state index in [2.05, 4.69) is 10.3 Å². The standard InChI is InChI=1S/C16H15N3O5/c1-21-13-8-10(9-14(22-2)15(13)23-3)16(20)24-19-12-7-5-4-6-11(12)17-18-19/h4-9H,1-3H3. The number of carbonyl (C=O) groups excluding carboxylic acids is 1. The summed E-state index contributed by atoms with van der Waals surface area (Å²) in [6, 6.07) is 10.1. The van der Waals surface area contributed by atoms with Gasteiger partial charge in [0.15, 0.2) is 11.5 Å². The van der Waals surface area contributed by atoms with Crippen molar-refractivity contribution in [3.8, 4) is 17.2 Å². The molecule has 1 aromatic heterocycles. The molecule has 0 unspecified atom stereocenters. The van der Waals surface area contributed by atoms with Crippen molar-refractivity contribution < 1.29 is 23.8 Å². The fourth-order valence-electron chi connectivity index (χ4n) is 2.25. The summed E-state index contributed by atoms with van der Waals surface area (Å²) in [6.07, 6.45) is 0.